The lowest BCUT2D eigenvalue weighted by molar-refractivity contribution is -0.142. The third-order valence-electron chi connectivity index (χ3n) is 4.73. The van der Waals surface area contributed by atoms with Gasteiger partial charge in [0.1, 0.15) is 0 Å². The van der Waals surface area contributed by atoms with Crippen LogP contribution in [-0.2, 0) is 20.7 Å². The van der Waals surface area contributed by atoms with Gasteiger partial charge in [0.05, 0.1) is 27.8 Å². The van der Waals surface area contributed by atoms with Crippen LogP contribution in [0.1, 0.15) is 31.7 Å². The molecule has 2 rings (SSSR count). The zero-order valence-corrected chi connectivity index (χ0v) is 15.9. The van der Waals surface area contributed by atoms with E-state index < -0.39 is 0 Å². The molecule has 0 saturated carbocycles. The maximum Gasteiger partial charge on any atom is 0.306 e. The van der Waals surface area contributed by atoms with Gasteiger partial charge >= 0.3 is 5.97 Å². The average Bonchev–Trinajstić information content (AvgIpc) is 2.66. The van der Waals surface area contributed by atoms with Gasteiger partial charge in [0.15, 0.2) is 11.5 Å². The average molecular weight is 361 g/mol. The Labute approximate surface area is 154 Å². The highest BCUT2D eigenvalue weighted by atomic mass is 16.5. The van der Waals surface area contributed by atoms with Crippen LogP contribution in [0, 0.1) is 5.92 Å². The third-order valence-corrected chi connectivity index (χ3v) is 4.73. The molecule has 0 spiro atoms. The molecule has 26 heavy (non-hydrogen) atoms. The Balaban J connectivity index is 2.06. The first-order valence-electron chi connectivity index (χ1n) is 8.80. The first kappa shape index (κ1) is 19.8. The minimum absolute atomic E-state index is 0.0385. The van der Waals surface area contributed by atoms with Crippen LogP contribution in [0.5, 0.6) is 11.5 Å². The van der Waals surface area contributed by atoms with Crippen molar-refractivity contribution in [2.75, 3.05) is 27.9 Å². The van der Waals surface area contributed by atoms with Crippen LogP contribution >= 0.6 is 0 Å². The number of carbonyl (C=O) groups excluding carboxylic acids is 2. The quantitative estimate of drug-likeness (QED) is 0.666. The largest absolute Gasteiger partial charge is 0.493 e. The molecule has 6 heteroatoms. The zero-order valence-electron chi connectivity index (χ0n) is 15.9. The van der Waals surface area contributed by atoms with E-state index in [4.69, 9.17) is 14.2 Å². The van der Waals surface area contributed by atoms with Gasteiger partial charge in [-0.15, -0.1) is 0 Å². The molecule has 1 aliphatic heterocycles. The molecule has 0 N–H and O–H groups in total. The lowest BCUT2D eigenvalue weighted by Crippen LogP contribution is -2.35. The van der Waals surface area contributed by atoms with E-state index in [1.54, 1.807) is 19.1 Å². The number of methoxy groups -OCH3 is 3. The molecular weight excluding hydrogens is 334 g/mol. The minimum atomic E-state index is -0.277. The maximum absolute atomic E-state index is 12.5. The summed E-state index contributed by atoms with van der Waals surface area (Å²) in [5, 5.41) is 0. The van der Waals surface area contributed by atoms with E-state index in [1.807, 2.05) is 31.3 Å². The Bertz CT molecular complexity index is 683. The fraction of sp³-hybridized carbons (Fsp3) is 0.500. The van der Waals surface area contributed by atoms with Crippen LogP contribution in [-0.4, -0.2) is 44.7 Å². The fourth-order valence-electron chi connectivity index (χ4n) is 3.18. The van der Waals surface area contributed by atoms with Gasteiger partial charge in [0, 0.05) is 25.1 Å². The third kappa shape index (κ3) is 4.77. The summed E-state index contributed by atoms with van der Waals surface area (Å²) in [6.07, 6.45) is 4.02. The van der Waals surface area contributed by atoms with Gasteiger partial charge in [0.2, 0.25) is 5.91 Å². The number of hydrogen-bond acceptors (Lipinski definition) is 5. The number of amides is 1. The van der Waals surface area contributed by atoms with Crippen LogP contribution in [0.3, 0.4) is 0 Å². The topological polar surface area (TPSA) is 65.1 Å². The van der Waals surface area contributed by atoms with Crippen molar-refractivity contribution in [3.05, 3.63) is 35.5 Å². The van der Waals surface area contributed by atoms with Crippen LogP contribution < -0.4 is 9.47 Å². The molecule has 0 fully saturated rings. The molecule has 0 radical (unpaired) electrons. The summed E-state index contributed by atoms with van der Waals surface area (Å²) in [6.45, 7) is 2.63. The summed E-state index contributed by atoms with van der Waals surface area (Å²) >= 11 is 0. The van der Waals surface area contributed by atoms with Crippen molar-refractivity contribution in [3.63, 3.8) is 0 Å². The summed E-state index contributed by atoms with van der Waals surface area (Å²) < 4.78 is 15.3. The number of esters is 1. The van der Waals surface area contributed by atoms with E-state index in [2.05, 4.69) is 0 Å². The van der Waals surface area contributed by atoms with Gasteiger partial charge in [-0.05, 0) is 36.1 Å². The highest BCUT2D eigenvalue weighted by Gasteiger charge is 2.28. The Kier molecular flexibility index (Phi) is 7.06. The second kappa shape index (κ2) is 9.27. The van der Waals surface area contributed by atoms with Crippen molar-refractivity contribution < 1.29 is 23.8 Å². The van der Waals surface area contributed by atoms with Gasteiger partial charge < -0.3 is 19.1 Å². The standard InChI is InChI=1S/C20H27NO5/c1-5-15-13-21(19(22)11-16(15)12-20(23)26-4)9-8-14-6-7-17(24-2)18(10-14)25-3/h6-7,10,13,16H,5,8-9,11-12H2,1-4H3/t16-/m1/s1. The summed E-state index contributed by atoms with van der Waals surface area (Å²) in [5.74, 6) is 1.07. The van der Waals surface area contributed by atoms with E-state index in [1.165, 1.54) is 7.11 Å². The van der Waals surface area contributed by atoms with Gasteiger partial charge in [0.25, 0.3) is 0 Å². The highest BCUT2D eigenvalue weighted by molar-refractivity contribution is 5.80. The van der Waals surface area contributed by atoms with Crippen LogP contribution in [0.25, 0.3) is 0 Å². The zero-order chi connectivity index (χ0) is 19.1. The molecule has 1 aromatic rings. The number of benzene rings is 1. The molecule has 0 unspecified atom stereocenters. The minimum Gasteiger partial charge on any atom is -0.493 e. The van der Waals surface area contributed by atoms with Crippen LogP contribution in [0.4, 0.5) is 0 Å². The van der Waals surface area contributed by atoms with Crippen molar-refractivity contribution >= 4 is 11.9 Å². The van der Waals surface area contributed by atoms with Crippen molar-refractivity contribution in [1.29, 1.82) is 0 Å². The summed E-state index contributed by atoms with van der Waals surface area (Å²) in [7, 11) is 4.58. The van der Waals surface area contributed by atoms with Gasteiger partial charge in [-0.3, -0.25) is 9.59 Å². The molecule has 0 aliphatic carbocycles. The van der Waals surface area contributed by atoms with Crippen molar-refractivity contribution in [1.82, 2.24) is 4.90 Å². The second-order valence-electron chi connectivity index (χ2n) is 6.27. The van der Waals surface area contributed by atoms with E-state index >= 15 is 0 Å². The normalized spacial score (nSPS) is 16.9. The Morgan fingerprint density at radius 2 is 1.92 bits per heavy atom. The Morgan fingerprint density at radius 3 is 2.54 bits per heavy atom. The number of nitrogens with zero attached hydrogens (tertiary/aromatic N) is 1. The van der Waals surface area contributed by atoms with E-state index in [0.717, 1.165) is 17.6 Å². The number of rotatable bonds is 8. The molecule has 0 aromatic heterocycles. The van der Waals surface area contributed by atoms with E-state index in [-0.39, 0.29) is 24.2 Å². The number of ether oxygens (including phenoxy) is 3. The van der Waals surface area contributed by atoms with Gasteiger partial charge in [-0.1, -0.05) is 13.0 Å². The first-order chi connectivity index (χ1) is 12.5. The molecule has 0 bridgehead atoms. The SMILES string of the molecule is CCC1=CN(CCc2ccc(OC)c(OC)c2)C(=O)C[C@@H]1CC(=O)OC. The van der Waals surface area contributed by atoms with E-state index in [0.29, 0.717) is 30.9 Å². The molecule has 0 saturated heterocycles. The van der Waals surface area contributed by atoms with Gasteiger partial charge in [-0.2, -0.15) is 0 Å². The first-order valence-corrected chi connectivity index (χ1v) is 8.80. The molecule has 1 amide bonds. The lowest BCUT2D eigenvalue weighted by atomic mass is 9.88. The predicted octanol–water partition coefficient (Wildman–Crippen LogP) is 2.95. The molecule has 6 nitrogen and oxygen atoms in total. The molecule has 142 valence electrons. The monoisotopic (exact) mass is 361 g/mol. The molecular formula is C20H27NO5. The number of carbonyl (C=O) groups is 2. The van der Waals surface area contributed by atoms with Crippen LogP contribution in [0.2, 0.25) is 0 Å². The molecule has 1 aromatic carbocycles. The highest BCUT2D eigenvalue weighted by Crippen LogP contribution is 2.30. The van der Waals surface area contributed by atoms with E-state index in [9.17, 15) is 9.59 Å². The summed E-state index contributed by atoms with van der Waals surface area (Å²) in [4.78, 5) is 25.8. The second-order valence-corrected chi connectivity index (χ2v) is 6.27. The predicted molar refractivity (Wildman–Crippen MR) is 98.1 cm³/mol. The maximum atomic E-state index is 12.5. The smallest absolute Gasteiger partial charge is 0.306 e. The van der Waals surface area contributed by atoms with Crippen molar-refractivity contribution in [3.8, 4) is 11.5 Å². The summed E-state index contributed by atoms with van der Waals surface area (Å²) in [5.41, 5.74) is 2.18. The van der Waals surface area contributed by atoms with Crippen molar-refractivity contribution in [2.45, 2.75) is 32.6 Å². The fourth-order valence-corrected chi connectivity index (χ4v) is 3.18. The Hall–Kier alpha value is -2.50. The van der Waals surface area contributed by atoms with Gasteiger partial charge in [-0.25, -0.2) is 0 Å². The lowest BCUT2D eigenvalue weighted by Gasteiger charge is -2.30. The van der Waals surface area contributed by atoms with Crippen LogP contribution in [0.15, 0.2) is 30.0 Å². The number of hydrogen-bond donors (Lipinski definition) is 0. The summed E-state index contributed by atoms with van der Waals surface area (Å²) in [6, 6.07) is 5.77. The molecule has 1 aliphatic rings. The van der Waals surface area contributed by atoms with Crippen molar-refractivity contribution in [2.24, 2.45) is 5.92 Å². The number of allylic oxidation sites excluding steroid dienone is 1. The molecule has 1 heterocycles. The Morgan fingerprint density at radius 1 is 1.19 bits per heavy atom. The molecule has 1 atom stereocenters.